The molecule has 1 aliphatic heterocycles. The van der Waals surface area contributed by atoms with Crippen LogP contribution in [-0.4, -0.2) is 18.1 Å². The summed E-state index contributed by atoms with van der Waals surface area (Å²) >= 11 is 8.28. The fourth-order valence-electron chi connectivity index (χ4n) is 2.23. The largest absolute Gasteiger partial charge is 0.310 e. The zero-order valence-electron chi connectivity index (χ0n) is 10.3. The maximum atomic E-state index is 6.20. The summed E-state index contributed by atoms with van der Waals surface area (Å²) in [6.07, 6.45) is 2.71. The van der Waals surface area contributed by atoms with Crippen molar-refractivity contribution in [2.45, 2.75) is 25.8 Å². The van der Waals surface area contributed by atoms with Gasteiger partial charge in [-0.05, 0) is 55.4 Å². The zero-order valence-corrected chi connectivity index (χ0v) is 11.9. The number of halogens is 1. The Morgan fingerprint density at radius 2 is 2.06 bits per heavy atom. The van der Waals surface area contributed by atoms with Crippen LogP contribution in [0.4, 0.5) is 0 Å². The number of benzene rings is 1. The number of rotatable bonds is 4. The Labute approximate surface area is 113 Å². The van der Waals surface area contributed by atoms with Crippen LogP contribution in [0.2, 0.25) is 5.02 Å². The molecule has 0 bridgehead atoms. The number of hydrogen-bond acceptors (Lipinski definition) is 2. The standard InChI is InChI=1S/C14H20ClNS/c1-11(13-4-2-3-5-14(13)15)16-10-12-6-8-17-9-7-12/h2-5,11-12,16H,6-10H2,1H3. The summed E-state index contributed by atoms with van der Waals surface area (Å²) < 4.78 is 0. The van der Waals surface area contributed by atoms with Gasteiger partial charge < -0.3 is 5.32 Å². The van der Waals surface area contributed by atoms with Crippen LogP contribution in [0.25, 0.3) is 0 Å². The molecule has 0 aliphatic carbocycles. The third-order valence-corrected chi connectivity index (χ3v) is 4.82. The molecule has 2 rings (SSSR count). The van der Waals surface area contributed by atoms with Crippen LogP contribution in [0.3, 0.4) is 0 Å². The summed E-state index contributed by atoms with van der Waals surface area (Å²) in [7, 11) is 0. The molecule has 0 saturated carbocycles. The maximum absolute atomic E-state index is 6.20. The Hall–Kier alpha value is -0.180. The molecule has 3 heteroatoms. The molecule has 1 atom stereocenters. The molecular formula is C14H20ClNS. The minimum atomic E-state index is 0.346. The van der Waals surface area contributed by atoms with Crippen molar-refractivity contribution in [2.75, 3.05) is 18.1 Å². The predicted molar refractivity (Wildman–Crippen MR) is 77.9 cm³/mol. The van der Waals surface area contributed by atoms with Gasteiger partial charge in [-0.25, -0.2) is 0 Å². The van der Waals surface area contributed by atoms with Crippen molar-refractivity contribution in [3.8, 4) is 0 Å². The van der Waals surface area contributed by atoms with Gasteiger partial charge in [-0.1, -0.05) is 29.8 Å². The quantitative estimate of drug-likeness (QED) is 0.882. The van der Waals surface area contributed by atoms with Crippen LogP contribution in [-0.2, 0) is 0 Å². The highest BCUT2D eigenvalue weighted by Gasteiger charge is 2.15. The molecule has 17 heavy (non-hydrogen) atoms. The lowest BCUT2D eigenvalue weighted by Gasteiger charge is -2.24. The first-order valence-corrected chi connectivity index (χ1v) is 7.86. The average molecular weight is 270 g/mol. The molecule has 1 aromatic carbocycles. The summed E-state index contributed by atoms with van der Waals surface area (Å²) in [4.78, 5) is 0. The van der Waals surface area contributed by atoms with Crippen molar-refractivity contribution in [3.63, 3.8) is 0 Å². The minimum absolute atomic E-state index is 0.346. The molecule has 1 saturated heterocycles. The molecule has 1 aromatic rings. The second-order valence-electron chi connectivity index (χ2n) is 4.71. The molecule has 0 radical (unpaired) electrons. The lowest BCUT2D eigenvalue weighted by molar-refractivity contribution is 0.421. The van der Waals surface area contributed by atoms with Gasteiger partial charge in [-0.3, -0.25) is 0 Å². The number of nitrogens with one attached hydrogen (secondary N) is 1. The van der Waals surface area contributed by atoms with Crippen LogP contribution in [0.5, 0.6) is 0 Å². The van der Waals surface area contributed by atoms with E-state index < -0.39 is 0 Å². The van der Waals surface area contributed by atoms with Gasteiger partial charge in [0.2, 0.25) is 0 Å². The first-order valence-electron chi connectivity index (χ1n) is 6.33. The first kappa shape index (κ1) is 13.3. The van der Waals surface area contributed by atoms with Gasteiger partial charge in [0, 0.05) is 11.1 Å². The molecule has 0 aromatic heterocycles. The van der Waals surface area contributed by atoms with Crippen LogP contribution >= 0.6 is 23.4 Å². The second-order valence-corrected chi connectivity index (χ2v) is 6.34. The van der Waals surface area contributed by atoms with Gasteiger partial charge in [0.25, 0.3) is 0 Å². The zero-order chi connectivity index (χ0) is 12.1. The Morgan fingerprint density at radius 3 is 2.76 bits per heavy atom. The lowest BCUT2D eigenvalue weighted by Crippen LogP contribution is -2.28. The molecule has 1 heterocycles. The van der Waals surface area contributed by atoms with E-state index in [9.17, 15) is 0 Å². The summed E-state index contributed by atoms with van der Waals surface area (Å²) in [5.74, 6) is 3.50. The molecular weight excluding hydrogens is 250 g/mol. The Balaban J connectivity index is 1.84. The van der Waals surface area contributed by atoms with E-state index in [0.29, 0.717) is 6.04 Å². The van der Waals surface area contributed by atoms with E-state index in [4.69, 9.17) is 11.6 Å². The number of hydrogen-bond donors (Lipinski definition) is 1. The normalized spacial score (nSPS) is 19.2. The topological polar surface area (TPSA) is 12.0 Å². The summed E-state index contributed by atoms with van der Waals surface area (Å²) in [5, 5.41) is 4.48. The van der Waals surface area contributed by atoms with E-state index >= 15 is 0 Å². The molecule has 0 amide bonds. The molecule has 1 fully saturated rings. The van der Waals surface area contributed by atoms with Gasteiger partial charge in [-0.15, -0.1) is 0 Å². The summed E-state index contributed by atoms with van der Waals surface area (Å²) in [6.45, 7) is 3.31. The van der Waals surface area contributed by atoms with Gasteiger partial charge in [0.05, 0.1) is 0 Å². The highest BCUT2D eigenvalue weighted by molar-refractivity contribution is 7.99. The average Bonchev–Trinajstić information content (AvgIpc) is 2.38. The Morgan fingerprint density at radius 1 is 1.35 bits per heavy atom. The van der Waals surface area contributed by atoms with Crippen LogP contribution < -0.4 is 5.32 Å². The highest BCUT2D eigenvalue weighted by Crippen LogP contribution is 2.25. The Bertz CT molecular complexity index is 350. The highest BCUT2D eigenvalue weighted by atomic mass is 35.5. The van der Waals surface area contributed by atoms with Crippen molar-refractivity contribution in [1.29, 1.82) is 0 Å². The van der Waals surface area contributed by atoms with Crippen molar-refractivity contribution in [1.82, 2.24) is 5.32 Å². The van der Waals surface area contributed by atoms with Crippen molar-refractivity contribution in [3.05, 3.63) is 34.9 Å². The van der Waals surface area contributed by atoms with E-state index in [2.05, 4.69) is 36.1 Å². The van der Waals surface area contributed by atoms with Gasteiger partial charge in [0.15, 0.2) is 0 Å². The van der Waals surface area contributed by atoms with Gasteiger partial charge in [-0.2, -0.15) is 11.8 Å². The SMILES string of the molecule is CC(NCC1CCSCC1)c1ccccc1Cl. The molecule has 94 valence electrons. The summed E-state index contributed by atoms with van der Waals surface area (Å²) in [6, 6.07) is 8.45. The van der Waals surface area contributed by atoms with Crippen LogP contribution in [0.1, 0.15) is 31.4 Å². The van der Waals surface area contributed by atoms with E-state index in [0.717, 1.165) is 17.5 Å². The molecule has 1 nitrogen and oxygen atoms in total. The van der Waals surface area contributed by atoms with Gasteiger partial charge in [0.1, 0.15) is 0 Å². The monoisotopic (exact) mass is 269 g/mol. The van der Waals surface area contributed by atoms with Crippen molar-refractivity contribution >= 4 is 23.4 Å². The predicted octanol–water partition coefficient (Wildman–Crippen LogP) is 4.13. The van der Waals surface area contributed by atoms with E-state index in [1.54, 1.807) is 0 Å². The molecule has 1 aliphatic rings. The number of thioether (sulfide) groups is 1. The van der Waals surface area contributed by atoms with Crippen molar-refractivity contribution < 1.29 is 0 Å². The molecule has 1 unspecified atom stereocenters. The third kappa shape index (κ3) is 3.90. The fourth-order valence-corrected chi connectivity index (χ4v) is 3.73. The van der Waals surface area contributed by atoms with E-state index in [-0.39, 0.29) is 0 Å². The first-order chi connectivity index (χ1) is 8.27. The molecule has 0 spiro atoms. The second kappa shape index (κ2) is 6.67. The lowest BCUT2D eigenvalue weighted by atomic mass is 10.0. The van der Waals surface area contributed by atoms with Crippen LogP contribution in [0.15, 0.2) is 24.3 Å². The van der Waals surface area contributed by atoms with Crippen LogP contribution in [0, 0.1) is 5.92 Å². The minimum Gasteiger partial charge on any atom is -0.310 e. The third-order valence-electron chi connectivity index (χ3n) is 3.43. The van der Waals surface area contributed by atoms with Gasteiger partial charge >= 0.3 is 0 Å². The maximum Gasteiger partial charge on any atom is 0.0453 e. The van der Waals surface area contributed by atoms with Crippen molar-refractivity contribution in [2.24, 2.45) is 5.92 Å². The Kier molecular flexibility index (Phi) is 5.20. The molecule has 1 N–H and O–H groups in total. The van der Waals surface area contributed by atoms with E-state index in [1.807, 2.05) is 12.1 Å². The fraction of sp³-hybridized carbons (Fsp3) is 0.571. The smallest absolute Gasteiger partial charge is 0.0453 e. The summed E-state index contributed by atoms with van der Waals surface area (Å²) in [5.41, 5.74) is 1.21. The van der Waals surface area contributed by atoms with E-state index in [1.165, 1.54) is 29.9 Å².